The van der Waals surface area contributed by atoms with E-state index in [-0.39, 0.29) is 5.92 Å². The van der Waals surface area contributed by atoms with E-state index in [2.05, 4.69) is 10.1 Å². The molecule has 0 radical (unpaired) electrons. The summed E-state index contributed by atoms with van der Waals surface area (Å²) >= 11 is 5.96. The second-order valence-corrected chi connectivity index (χ2v) is 7.35. The smallest absolute Gasteiger partial charge is 0.327 e. The summed E-state index contributed by atoms with van der Waals surface area (Å²) in [5.74, 6) is -1.29. The molecule has 3 aromatic heterocycles. The fourth-order valence-corrected chi connectivity index (χ4v) is 3.53. The Hall–Kier alpha value is -3.19. The Morgan fingerprint density at radius 1 is 1.14 bits per heavy atom. The number of halogens is 1. The summed E-state index contributed by atoms with van der Waals surface area (Å²) in [7, 11) is 0. The van der Waals surface area contributed by atoms with Crippen LogP contribution in [0.3, 0.4) is 0 Å². The van der Waals surface area contributed by atoms with Gasteiger partial charge in [-0.25, -0.2) is 14.3 Å². The SMILES string of the molecule is CC(C)[C@H](C(=O)O)n1ccc2c(cnc3c(-c4ccc(Cl)cc4)cnn32)c1=O. The normalized spacial score (nSPS) is 12.7. The lowest BCUT2D eigenvalue weighted by molar-refractivity contribution is -0.142. The molecule has 8 heteroatoms. The Bertz CT molecular complexity index is 1260. The summed E-state index contributed by atoms with van der Waals surface area (Å²) in [6.07, 6.45) is 4.67. The molecule has 0 aliphatic rings. The van der Waals surface area contributed by atoms with Crippen molar-refractivity contribution in [2.24, 2.45) is 5.92 Å². The lowest BCUT2D eigenvalue weighted by Gasteiger charge is -2.19. The molecule has 0 amide bonds. The molecule has 4 aromatic rings. The van der Waals surface area contributed by atoms with Gasteiger partial charge in [0.2, 0.25) is 0 Å². The zero-order valence-corrected chi connectivity index (χ0v) is 16.0. The molecule has 28 heavy (non-hydrogen) atoms. The summed E-state index contributed by atoms with van der Waals surface area (Å²) in [6, 6.07) is 8.08. The van der Waals surface area contributed by atoms with Gasteiger partial charge < -0.3 is 9.67 Å². The molecule has 3 heterocycles. The van der Waals surface area contributed by atoms with Gasteiger partial charge in [0.1, 0.15) is 6.04 Å². The third-order valence-electron chi connectivity index (χ3n) is 4.76. The Morgan fingerprint density at radius 3 is 2.50 bits per heavy atom. The number of hydrogen-bond donors (Lipinski definition) is 1. The minimum absolute atomic E-state index is 0.245. The van der Waals surface area contributed by atoms with Crippen LogP contribution in [-0.4, -0.2) is 30.2 Å². The molecule has 0 aliphatic heterocycles. The predicted octanol–water partition coefficient (Wildman–Crippen LogP) is 3.65. The van der Waals surface area contributed by atoms with Crippen molar-refractivity contribution in [3.05, 3.63) is 64.3 Å². The summed E-state index contributed by atoms with van der Waals surface area (Å²) in [6.45, 7) is 3.53. The standard InChI is InChI=1S/C20H17ClN4O3/c1-11(2)17(20(27)28)24-8-7-16-15(19(24)26)9-22-18-14(10-23-25(16)18)12-3-5-13(21)6-4-12/h3-11,17H,1-2H3,(H,27,28)/t17-/m1/s1. The molecule has 4 rings (SSSR count). The first-order chi connectivity index (χ1) is 13.4. The average molecular weight is 397 g/mol. The Morgan fingerprint density at radius 2 is 1.86 bits per heavy atom. The first-order valence-corrected chi connectivity index (χ1v) is 9.12. The van der Waals surface area contributed by atoms with Crippen molar-refractivity contribution < 1.29 is 9.90 Å². The van der Waals surface area contributed by atoms with Gasteiger partial charge in [0, 0.05) is 23.0 Å². The number of fused-ring (bicyclic) bond motifs is 3. The third kappa shape index (κ3) is 2.84. The van der Waals surface area contributed by atoms with Crippen molar-refractivity contribution in [2.45, 2.75) is 19.9 Å². The van der Waals surface area contributed by atoms with Crippen molar-refractivity contribution in [3.8, 4) is 11.1 Å². The number of aliphatic carboxylic acids is 1. The fourth-order valence-electron chi connectivity index (χ4n) is 3.41. The molecular weight excluding hydrogens is 380 g/mol. The second kappa shape index (κ2) is 6.76. The first-order valence-electron chi connectivity index (χ1n) is 8.75. The Labute approximate surface area is 164 Å². The van der Waals surface area contributed by atoms with Gasteiger partial charge in [-0.3, -0.25) is 4.79 Å². The minimum atomic E-state index is -1.05. The van der Waals surface area contributed by atoms with E-state index in [1.807, 2.05) is 12.1 Å². The number of pyridine rings is 1. The van der Waals surface area contributed by atoms with Crippen LogP contribution in [-0.2, 0) is 4.79 Å². The number of hydrogen-bond acceptors (Lipinski definition) is 4. The van der Waals surface area contributed by atoms with Gasteiger partial charge in [-0.1, -0.05) is 37.6 Å². The van der Waals surface area contributed by atoms with Gasteiger partial charge in [-0.05, 0) is 29.7 Å². The molecule has 1 N–H and O–H groups in total. The molecule has 0 saturated carbocycles. The maximum Gasteiger partial charge on any atom is 0.327 e. The van der Waals surface area contributed by atoms with E-state index in [4.69, 9.17) is 11.6 Å². The van der Waals surface area contributed by atoms with Crippen LogP contribution in [0.15, 0.2) is 53.7 Å². The molecule has 142 valence electrons. The van der Waals surface area contributed by atoms with Crippen molar-refractivity contribution >= 4 is 34.1 Å². The van der Waals surface area contributed by atoms with Crippen molar-refractivity contribution in [2.75, 3.05) is 0 Å². The topological polar surface area (TPSA) is 89.5 Å². The predicted molar refractivity (Wildman–Crippen MR) is 107 cm³/mol. The number of benzene rings is 1. The summed E-state index contributed by atoms with van der Waals surface area (Å²) < 4.78 is 2.84. The summed E-state index contributed by atoms with van der Waals surface area (Å²) in [5.41, 5.74) is 2.49. The van der Waals surface area contributed by atoms with E-state index in [1.165, 1.54) is 17.0 Å². The molecule has 0 spiro atoms. The van der Waals surface area contributed by atoms with Crippen molar-refractivity contribution in [1.29, 1.82) is 0 Å². The zero-order chi connectivity index (χ0) is 20.0. The third-order valence-corrected chi connectivity index (χ3v) is 5.01. The fraction of sp³-hybridized carbons (Fsp3) is 0.200. The van der Waals surface area contributed by atoms with Gasteiger partial charge in [0.05, 0.1) is 17.1 Å². The Kier molecular flexibility index (Phi) is 4.39. The highest BCUT2D eigenvalue weighted by atomic mass is 35.5. The van der Waals surface area contributed by atoms with E-state index < -0.39 is 17.6 Å². The molecule has 0 aliphatic carbocycles. The molecule has 1 atom stereocenters. The highest BCUT2D eigenvalue weighted by molar-refractivity contribution is 6.30. The average Bonchev–Trinajstić information content (AvgIpc) is 3.08. The van der Waals surface area contributed by atoms with Gasteiger partial charge >= 0.3 is 5.97 Å². The first kappa shape index (κ1) is 18.2. The van der Waals surface area contributed by atoms with Crippen LogP contribution in [0, 0.1) is 5.92 Å². The van der Waals surface area contributed by atoms with Crippen molar-refractivity contribution in [3.63, 3.8) is 0 Å². The highest BCUT2D eigenvalue weighted by Crippen LogP contribution is 2.26. The number of carboxylic acid groups (broad SMARTS) is 1. The van der Waals surface area contributed by atoms with Gasteiger partial charge in [-0.2, -0.15) is 5.10 Å². The van der Waals surface area contributed by atoms with E-state index in [1.54, 1.807) is 42.8 Å². The summed E-state index contributed by atoms with van der Waals surface area (Å²) in [4.78, 5) is 29.0. The van der Waals surface area contributed by atoms with E-state index in [0.717, 1.165) is 11.1 Å². The molecule has 0 fully saturated rings. The lowest BCUT2D eigenvalue weighted by Crippen LogP contribution is -2.33. The maximum absolute atomic E-state index is 12.9. The minimum Gasteiger partial charge on any atom is -0.480 e. The van der Waals surface area contributed by atoms with E-state index in [0.29, 0.717) is 21.6 Å². The number of carboxylic acids is 1. The maximum atomic E-state index is 12.9. The number of carbonyl (C=O) groups is 1. The molecule has 1 aromatic carbocycles. The van der Waals surface area contributed by atoms with Gasteiger partial charge in [0.25, 0.3) is 5.56 Å². The number of aromatic nitrogens is 4. The second-order valence-electron chi connectivity index (χ2n) is 6.91. The van der Waals surface area contributed by atoms with Crippen LogP contribution in [0.25, 0.3) is 27.7 Å². The number of nitrogens with zero attached hydrogens (tertiary/aromatic N) is 4. The van der Waals surface area contributed by atoms with Gasteiger partial charge in [-0.15, -0.1) is 0 Å². The molecule has 7 nitrogen and oxygen atoms in total. The molecular formula is C20H17ClN4O3. The van der Waals surface area contributed by atoms with Crippen LogP contribution < -0.4 is 5.56 Å². The van der Waals surface area contributed by atoms with Crippen LogP contribution in [0.1, 0.15) is 19.9 Å². The lowest BCUT2D eigenvalue weighted by atomic mass is 10.0. The van der Waals surface area contributed by atoms with E-state index in [9.17, 15) is 14.7 Å². The van der Waals surface area contributed by atoms with Crippen LogP contribution in [0.5, 0.6) is 0 Å². The largest absolute Gasteiger partial charge is 0.480 e. The van der Waals surface area contributed by atoms with Crippen LogP contribution in [0.4, 0.5) is 0 Å². The molecule has 0 unspecified atom stereocenters. The van der Waals surface area contributed by atoms with E-state index >= 15 is 0 Å². The van der Waals surface area contributed by atoms with Gasteiger partial charge in [0.15, 0.2) is 5.65 Å². The number of rotatable bonds is 4. The molecule has 0 saturated heterocycles. The van der Waals surface area contributed by atoms with Crippen LogP contribution in [0.2, 0.25) is 5.02 Å². The highest BCUT2D eigenvalue weighted by Gasteiger charge is 2.25. The van der Waals surface area contributed by atoms with Crippen molar-refractivity contribution in [1.82, 2.24) is 19.2 Å². The quantitative estimate of drug-likeness (QED) is 0.568. The Balaban J connectivity index is 1.93. The van der Waals surface area contributed by atoms with Crippen LogP contribution >= 0.6 is 11.6 Å². The summed E-state index contributed by atoms with van der Waals surface area (Å²) in [5, 5.41) is 14.8. The monoisotopic (exact) mass is 396 g/mol. The molecule has 0 bridgehead atoms. The zero-order valence-electron chi connectivity index (χ0n) is 15.2.